The first-order valence-electron chi connectivity index (χ1n) is 4.18. The lowest BCUT2D eigenvalue weighted by Gasteiger charge is -2.08. The van der Waals surface area contributed by atoms with E-state index in [4.69, 9.17) is 11.6 Å². The fraction of sp³-hybridized carbons (Fsp3) is 0.400. The highest BCUT2D eigenvalue weighted by atomic mass is 35.5. The molecule has 0 saturated heterocycles. The second kappa shape index (κ2) is 4.36. The summed E-state index contributed by atoms with van der Waals surface area (Å²) in [5, 5.41) is 4.10. The maximum atomic E-state index is 5.75. The minimum atomic E-state index is 0.667. The smallest absolute Gasteiger partial charge is 0.0407 e. The Kier molecular flexibility index (Phi) is 3.42. The zero-order valence-corrected chi connectivity index (χ0v) is 8.23. The molecule has 0 atom stereocenters. The molecule has 0 aromatic heterocycles. The minimum absolute atomic E-state index is 0.667. The lowest BCUT2D eigenvalue weighted by atomic mass is 10.2. The molecule has 1 rings (SSSR count). The first-order chi connectivity index (χ1) is 5.68. The summed E-state index contributed by atoms with van der Waals surface area (Å²) < 4.78 is 0. The van der Waals surface area contributed by atoms with Crippen LogP contribution in [0.5, 0.6) is 0 Å². The van der Waals surface area contributed by atoms with Gasteiger partial charge in [-0.05, 0) is 30.2 Å². The van der Waals surface area contributed by atoms with Crippen molar-refractivity contribution in [1.29, 1.82) is 0 Å². The van der Waals surface area contributed by atoms with E-state index in [0.29, 0.717) is 5.92 Å². The summed E-state index contributed by atoms with van der Waals surface area (Å²) in [5.41, 5.74) is 1.13. The Morgan fingerprint density at radius 2 is 1.83 bits per heavy atom. The predicted octanol–water partition coefficient (Wildman–Crippen LogP) is 3.41. The molecule has 1 N–H and O–H groups in total. The van der Waals surface area contributed by atoms with Gasteiger partial charge in [-0.2, -0.15) is 0 Å². The molecule has 1 aromatic carbocycles. The van der Waals surface area contributed by atoms with Crippen molar-refractivity contribution in [3.8, 4) is 0 Å². The topological polar surface area (TPSA) is 12.0 Å². The van der Waals surface area contributed by atoms with E-state index in [9.17, 15) is 0 Å². The summed E-state index contributed by atoms with van der Waals surface area (Å²) in [7, 11) is 0. The number of benzene rings is 1. The van der Waals surface area contributed by atoms with Gasteiger partial charge in [0, 0.05) is 17.3 Å². The monoisotopic (exact) mass is 183 g/mol. The van der Waals surface area contributed by atoms with E-state index in [1.807, 2.05) is 24.3 Å². The number of anilines is 1. The molecule has 0 amide bonds. The number of halogens is 1. The van der Waals surface area contributed by atoms with Crippen LogP contribution in [0.2, 0.25) is 5.02 Å². The van der Waals surface area contributed by atoms with Crippen LogP contribution in [0.15, 0.2) is 24.3 Å². The predicted molar refractivity (Wildman–Crippen MR) is 54.8 cm³/mol. The average molecular weight is 184 g/mol. The van der Waals surface area contributed by atoms with Crippen molar-refractivity contribution in [1.82, 2.24) is 0 Å². The summed E-state index contributed by atoms with van der Waals surface area (Å²) in [4.78, 5) is 0. The Bertz CT molecular complexity index is 228. The van der Waals surface area contributed by atoms with Crippen molar-refractivity contribution in [3.05, 3.63) is 29.3 Å². The lowest BCUT2D eigenvalue weighted by Crippen LogP contribution is -2.07. The third-order valence-corrected chi connectivity index (χ3v) is 1.81. The van der Waals surface area contributed by atoms with Gasteiger partial charge in [0.15, 0.2) is 0 Å². The Labute approximate surface area is 78.7 Å². The van der Waals surface area contributed by atoms with Crippen LogP contribution in [0.1, 0.15) is 13.8 Å². The van der Waals surface area contributed by atoms with Crippen LogP contribution in [0.4, 0.5) is 5.69 Å². The van der Waals surface area contributed by atoms with Crippen molar-refractivity contribution >= 4 is 17.3 Å². The zero-order chi connectivity index (χ0) is 8.97. The van der Waals surface area contributed by atoms with Crippen molar-refractivity contribution in [2.45, 2.75) is 13.8 Å². The molecule has 0 heterocycles. The number of nitrogens with one attached hydrogen (secondary N) is 1. The molecule has 0 aliphatic carbocycles. The molecule has 1 nitrogen and oxygen atoms in total. The van der Waals surface area contributed by atoms with Gasteiger partial charge in [-0.15, -0.1) is 0 Å². The molecule has 0 fully saturated rings. The maximum Gasteiger partial charge on any atom is 0.0407 e. The Morgan fingerprint density at radius 1 is 1.25 bits per heavy atom. The lowest BCUT2D eigenvalue weighted by molar-refractivity contribution is 0.689. The van der Waals surface area contributed by atoms with Gasteiger partial charge < -0.3 is 5.32 Å². The highest BCUT2D eigenvalue weighted by molar-refractivity contribution is 6.30. The molecule has 0 saturated carbocycles. The van der Waals surface area contributed by atoms with Gasteiger partial charge in [-0.25, -0.2) is 0 Å². The molecular weight excluding hydrogens is 170 g/mol. The van der Waals surface area contributed by atoms with Crippen LogP contribution in [-0.2, 0) is 0 Å². The van der Waals surface area contributed by atoms with Crippen LogP contribution < -0.4 is 5.32 Å². The third kappa shape index (κ3) is 3.14. The van der Waals surface area contributed by atoms with Crippen LogP contribution in [0.25, 0.3) is 0 Å². The average Bonchev–Trinajstić information content (AvgIpc) is 2.03. The van der Waals surface area contributed by atoms with Crippen LogP contribution in [0, 0.1) is 5.92 Å². The summed E-state index contributed by atoms with van der Waals surface area (Å²) in [6.07, 6.45) is 0. The van der Waals surface area contributed by atoms with Crippen molar-refractivity contribution in [2.75, 3.05) is 11.9 Å². The van der Waals surface area contributed by atoms with Gasteiger partial charge in [0.05, 0.1) is 0 Å². The Morgan fingerprint density at radius 3 is 2.33 bits per heavy atom. The molecule has 0 aliphatic heterocycles. The highest BCUT2D eigenvalue weighted by Crippen LogP contribution is 2.13. The third-order valence-electron chi connectivity index (χ3n) is 1.56. The molecule has 1 aromatic rings. The van der Waals surface area contributed by atoms with Gasteiger partial charge in [0.1, 0.15) is 0 Å². The van der Waals surface area contributed by atoms with Crippen molar-refractivity contribution in [2.24, 2.45) is 5.92 Å². The van der Waals surface area contributed by atoms with E-state index in [0.717, 1.165) is 17.3 Å². The molecule has 12 heavy (non-hydrogen) atoms. The molecule has 0 bridgehead atoms. The number of hydrogen-bond acceptors (Lipinski definition) is 1. The van der Waals surface area contributed by atoms with E-state index < -0.39 is 0 Å². The molecule has 2 heteroatoms. The van der Waals surface area contributed by atoms with E-state index in [1.54, 1.807) is 0 Å². The quantitative estimate of drug-likeness (QED) is 0.758. The van der Waals surface area contributed by atoms with Crippen molar-refractivity contribution < 1.29 is 0 Å². The Hall–Kier alpha value is -0.690. The Balaban J connectivity index is 2.48. The van der Waals surface area contributed by atoms with Gasteiger partial charge in [-0.3, -0.25) is 0 Å². The van der Waals surface area contributed by atoms with Crippen LogP contribution >= 0.6 is 11.6 Å². The SMILES string of the molecule is CC(C)CNc1ccc(Cl)cc1. The summed E-state index contributed by atoms with van der Waals surface area (Å²) in [6, 6.07) is 7.77. The molecule has 0 radical (unpaired) electrons. The van der Waals surface area contributed by atoms with E-state index in [-0.39, 0.29) is 0 Å². The minimum Gasteiger partial charge on any atom is -0.385 e. The molecule has 66 valence electrons. The van der Waals surface area contributed by atoms with E-state index in [2.05, 4.69) is 19.2 Å². The number of rotatable bonds is 3. The summed E-state index contributed by atoms with van der Waals surface area (Å²) in [5.74, 6) is 0.667. The second-order valence-corrected chi connectivity index (χ2v) is 3.72. The standard InChI is InChI=1S/C10H14ClN/c1-8(2)7-12-10-5-3-9(11)4-6-10/h3-6,8,12H,7H2,1-2H3. The fourth-order valence-corrected chi connectivity index (χ4v) is 1.02. The van der Waals surface area contributed by atoms with Gasteiger partial charge in [0.25, 0.3) is 0 Å². The molecular formula is C10H14ClN. The van der Waals surface area contributed by atoms with E-state index in [1.165, 1.54) is 0 Å². The normalized spacial score (nSPS) is 10.3. The molecule has 0 spiro atoms. The van der Waals surface area contributed by atoms with Crippen LogP contribution in [0.3, 0.4) is 0 Å². The molecule has 0 unspecified atom stereocenters. The summed E-state index contributed by atoms with van der Waals surface area (Å²) >= 11 is 5.75. The largest absolute Gasteiger partial charge is 0.385 e. The van der Waals surface area contributed by atoms with Gasteiger partial charge >= 0.3 is 0 Å². The highest BCUT2D eigenvalue weighted by Gasteiger charge is 1.93. The first-order valence-corrected chi connectivity index (χ1v) is 4.55. The maximum absolute atomic E-state index is 5.75. The van der Waals surface area contributed by atoms with Crippen molar-refractivity contribution in [3.63, 3.8) is 0 Å². The fourth-order valence-electron chi connectivity index (χ4n) is 0.890. The molecule has 0 aliphatic rings. The first kappa shape index (κ1) is 9.40. The van der Waals surface area contributed by atoms with Gasteiger partial charge in [-0.1, -0.05) is 25.4 Å². The second-order valence-electron chi connectivity index (χ2n) is 3.28. The van der Waals surface area contributed by atoms with E-state index >= 15 is 0 Å². The van der Waals surface area contributed by atoms with Gasteiger partial charge in [0.2, 0.25) is 0 Å². The van der Waals surface area contributed by atoms with Crippen LogP contribution in [-0.4, -0.2) is 6.54 Å². The zero-order valence-electron chi connectivity index (χ0n) is 7.47. The summed E-state index contributed by atoms with van der Waals surface area (Å²) in [6.45, 7) is 5.37. The number of hydrogen-bond donors (Lipinski definition) is 1.